The summed E-state index contributed by atoms with van der Waals surface area (Å²) in [4.78, 5) is 42.1. The molecule has 1 atom stereocenters. The zero-order chi connectivity index (χ0) is 19.4. The van der Waals surface area contributed by atoms with Gasteiger partial charge < -0.3 is 26.6 Å². The highest BCUT2D eigenvalue weighted by molar-refractivity contribution is 5.88. The second kappa shape index (κ2) is 7.55. The van der Waals surface area contributed by atoms with Gasteiger partial charge in [0, 0.05) is 19.3 Å². The first-order chi connectivity index (χ1) is 12.2. The molecule has 10 heteroatoms. The standard InChI is InChI=1S/C16H19N5O5/c1-21(10-4-2-8(3-5-10)14(23)24)7-9(15(25)26)6-11-12(17)19-16(18)20-13(11)22/h2-5,9H,6-7H2,1H3,(H,23,24)(H,25,26)(H5,17,18,19,20,22). The number of carbonyl (C=O) groups is 2. The molecular weight excluding hydrogens is 342 g/mol. The lowest BCUT2D eigenvalue weighted by atomic mass is 9.99. The van der Waals surface area contributed by atoms with E-state index in [2.05, 4.69) is 9.97 Å². The number of aromatic amines is 1. The highest BCUT2D eigenvalue weighted by Crippen LogP contribution is 2.18. The van der Waals surface area contributed by atoms with Crippen LogP contribution in [0.1, 0.15) is 15.9 Å². The van der Waals surface area contributed by atoms with Gasteiger partial charge in [0.05, 0.1) is 17.0 Å². The first-order valence-corrected chi connectivity index (χ1v) is 7.60. The van der Waals surface area contributed by atoms with Crippen molar-refractivity contribution in [2.75, 3.05) is 30.0 Å². The predicted molar refractivity (Wildman–Crippen MR) is 95.2 cm³/mol. The molecule has 1 heterocycles. The van der Waals surface area contributed by atoms with E-state index in [1.54, 1.807) is 24.1 Å². The topological polar surface area (TPSA) is 176 Å². The van der Waals surface area contributed by atoms with Gasteiger partial charge in [-0.1, -0.05) is 0 Å². The Labute approximate surface area is 148 Å². The number of aliphatic carboxylic acids is 1. The molecule has 7 N–H and O–H groups in total. The summed E-state index contributed by atoms with van der Waals surface area (Å²) in [6, 6.07) is 6.01. The Bertz CT molecular complexity index is 878. The molecule has 0 saturated carbocycles. The van der Waals surface area contributed by atoms with Gasteiger partial charge in [0.1, 0.15) is 5.82 Å². The Hall–Kier alpha value is -3.56. The molecule has 0 saturated heterocycles. The molecule has 2 aromatic rings. The van der Waals surface area contributed by atoms with Crippen molar-refractivity contribution < 1.29 is 19.8 Å². The van der Waals surface area contributed by atoms with Gasteiger partial charge in [-0.25, -0.2) is 4.79 Å². The van der Waals surface area contributed by atoms with Crippen molar-refractivity contribution in [1.82, 2.24) is 9.97 Å². The summed E-state index contributed by atoms with van der Waals surface area (Å²) >= 11 is 0. The Morgan fingerprint density at radius 2 is 1.85 bits per heavy atom. The van der Waals surface area contributed by atoms with Crippen LogP contribution in [0.3, 0.4) is 0 Å². The number of nitrogens with zero attached hydrogens (tertiary/aromatic N) is 2. The number of nitrogens with one attached hydrogen (secondary N) is 1. The first kappa shape index (κ1) is 18.8. The van der Waals surface area contributed by atoms with Crippen molar-refractivity contribution in [1.29, 1.82) is 0 Å². The molecule has 0 spiro atoms. The quantitative estimate of drug-likeness (QED) is 0.454. The van der Waals surface area contributed by atoms with Crippen LogP contribution in [0.2, 0.25) is 0 Å². The number of nitrogens with two attached hydrogens (primary N) is 2. The van der Waals surface area contributed by atoms with E-state index in [1.807, 2.05) is 0 Å². The highest BCUT2D eigenvalue weighted by atomic mass is 16.4. The summed E-state index contributed by atoms with van der Waals surface area (Å²) in [5.41, 5.74) is 11.3. The maximum atomic E-state index is 12.0. The van der Waals surface area contributed by atoms with Gasteiger partial charge in [-0.3, -0.25) is 14.6 Å². The van der Waals surface area contributed by atoms with E-state index in [9.17, 15) is 19.5 Å². The molecular formula is C16H19N5O5. The predicted octanol–water partition coefficient (Wildman–Crippen LogP) is 0.0122. The van der Waals surface area contributed by atoms with Gasteiger partial charge in [-0.2, -0.15) is 4.98 Å². The van der Waals surface area contributed by atoms with Crippen molar-refractivity contribution in [2.24, 2.45) is 5.92 Å². The third kappa shape index (κ3) is 4.29. The second-order valence-corrected chi connectivity index (χ2v) is 5.79. The second-order valence-electron chi connectivity index (χ2n) is 5.79. The average molecular weight is 361 g/mol. The summed E-state index contributed by atoms with van der Waals surface area (Å²) in [6.07, 6.45) is -0.124. The maximum absolute atomic E-state index is 12.0. The fraction of sp³-hybridized carbons (Fsp3) is 0.250. The van der Waals surface area contributed by atoms with E-state index in [1.165, 1.54) is 12.1 Å². The Morgan fingerprint density at radius 3 is 2.35 bits per heavy atom. The molecule has 2 rings (SSSR count). The van der Waals surface area contributed by atoms with E-state index in [4.69, 9.17) is 16.6 Å². The van der Waals surface area contributed by atoms with E-state index in [-0.39, 0.29) is 35.9 Å². The Balaban J connectivity index is 2.19. The monoisotopic (exact) mass is 361 g/mol. The number of nitrogen functional groups attached to an aromatic ring is 2. The van der Waals surface area contributed by atoms with E-state index < -0.39 is 23.4 Å². The highest BCUT2D eigenvalue weighted by Gasteiger charge is 2.23. The Morgan fingerprint density at radius 1 is 1.23 bits per heavy atom. The lowest BCUT2D eigenvalue weighted by molar-refractivity contribution is -0.141. The number of anilines is 3. The molecule has 138 valence electrons. The van der Waals surface area contributed by atoms with Crippen LogP contribution in [0.25, 0.3) is 0 Å². The average Bonchev–Trinajstić information content (AvgIpc) is 2.56. The maximum Gasteiger partial charge on any atom is 0.335 e. The van der Waals surface area contributed by atoms with E-state index >= 15 is 0 Å². The summed E-state index contributed by atoms with van der Waals surface area (Å²) in [5, 5.41) is 18.4. The molecule has 10 nitrogen and oxygen atoms in total. The number of benzene rings is 1. The van der Waals surface area contributed by atoms with Gasteiger partial charge in [-0.05, 0) is 30.7 Å². The number of aromatic nitrogens is 2. The van der Waals surface area contributed by atoms with Crippen molar-refractivity contribution in [2.45, 2.75) is 6.42 Å². The number of rotatable bonds is 7. The summed E-state index contributed by atoms with van der Waals surface area (Å²) in [7, 11) is 1.67. The van der Waals surface area contributed by atoms with Crippen molar-refractivity contribution in [3.63, 3.8) is 0 Å². The van der Waals surface area contributed by atoms with E-state index in [0.717, 1.165) is 0 Å². The molecule has 0 fully saturated rings. The minimum absolute atomic E-state index is 0.0567. The van der Waals surface area contributed by atoms with Crippen molar-refractivity contribution in [3.8, 4) is 0 Å². The van der Waals surface area contributed by atoms with Crippen LogP contribution in [-0.2, 0) is 11.2 Å². The number of hydrogen-bond donors (Lipinski definition) is 5. The molecule has 0 bridgehead atoms. The van der Waals surface area contributed by atoms with Crippen molar-refractivity contribution >= 4 is 29.4 Å². The number of hydrogen-bond acceptors (Lipinski definition) is 7. The van der Waals surface area contributed by atoms with Gasteiger partial charge in [0.2, 0.25) is 5.95 Å². The normalized spacial score (nSPS) is 11.7. The van der Waals surface area contributed by atoms with Crippen LogP contribution in [0.4, 0.5) is 17.5 Å². The fourth-order valence-electron chi connectivity index (χ4n) is 2.50. The molecule has 0 amide bonds. The minimum Gasteiger partial charge on any atom is -0.481 e. The number of carboxylic acid groups (broad SMARTS) is 2. The van der Waals surface area contributed by atoms with Gasteiger partial charge in [0.25, 0.3) is 5.56 Å². The van der Waals surface area contributed by atoms with Crippen LogP contribution < -0.4 is 21.9 Å². The summed E-state index contributed by atoms with van der Waals surface area (Å²) in [5.74, 6) is -3.33. The minimum atomic E-state index is -1.10. The molecule has 0 aliphatic rings. The zero-order valence-electron chi connectivity index (χ0n) is 14.0. The number of aromatic carboxylic acids is 1. The Kier molecular flexibility index (Phi) is 5.45. The molecule has 1 aromatic carbocycles. The van der Waals surface area contributed by atoms with Crippen molar-refractivity contribution in [3.05, 3.63) is 45.7 Å². The largest absolute Gasteiger partial charge is 0.481 e. The molecule has 0 radical (unpaired) electrons. The molecule has 1 unspecified atom stereocenters. The van der Waals surface area contributed by atoms with Crippen LogP contribution in [-0.4, -0.2) is 45.7 Å². The fourth-order valence-corrected chi connectivity index (χ4v) is 2.50. The van der Waals surface area contributed by atoms with Crippen LogP contribution >= 0.6 is 0 Å². The number of carboxylic acids is 2. The smallest absolute Gasteiger partial charge is 0.335 e. The first-order valence-electron chi connectivity index (χ1n) is 7.60. The zero-order valence-corrected chi connectivity index (χ0v) is 14.0. The van der Waals surface area contributed by atoms with Gasteiger partial charge >= 0.3 is 11.9 Å². The van der Waals surface area contributed by atoms with Crippen LogP contribution in [0.15, 0.2) is 29.1 Å². The van der Waals surface area contributed by atoms with Crippen LogP contribution in [0.5, 0.6) is 0 Å². The number of H-pyrrole nitrogens is 1. The lowest BCUT2D eigenvalue weighted by Gasteiger charge is -2.23. The molecule has 1 aromatic heterocycles. The summed E-state index contributed by atoms with van der Waals surface area (Å²) in [6.45, 7) is 0.0744. The third-order valence-corrected chi connectivity index (χ3v) is 3.91. The van der Waals surface area contributed by atoms with Gasteiger partial charge in [-0.15, -0.1) is 0 Å². The lowest BCUT2D eigenvalue weighted by Crippen LogP contribution is -2.34. The SMILES string of the molecule is CN(CC(Cc1c(N)nc(N)[nH]c1=O)C(=O)O)c1ccc(C(=O)O)cc1. The van der Waals surface area contributed by atoms with E-state index in [0.29, 0.717) is 5.69 Å². The third-order valence-electron chi connectivity index (χ3n) is 3.91. The van der Waals surface area contributed by atoms with Crippen LogP contribution in [0, 0.1) is 5.92 Å². The van der Waals surface area contributed by atoms with Gasteiger partial charge in [0.15, 0.2) is 0 Å². The molecule has 26 heavy (non-hydrogen) atoms. The molecule has 0 aliphatic heterocycles. The molecule has 0 aliphatic carbocycles. The summed E-state index contributed by atoms with van der Waals surface area (Å²) < 4.78 is 0.